The molecule has 1 amide bonds. The number of ether oxygens (including phenoxy) is 1. The molecule has 13 heteroatoms. The molecule has 0 saturated heterocycles. The van der Waals surface area contributed by atoms with Crippen LogP contribution in [-0.2, 0) is 16.6 Å². The van der Waals surface area contributed by atoms with Gasteiger partial charge in [-0.3, -0.25) is 4.79 Å². The van der Waals surface area contributed by atoms with Gasteiger partial charge in [0.15, 0.2) is 13.0 Å². The lowest BCUT2D eigenvalue weighted by Crippen LogP contribution is -2.32. The summed E-state index contributed by atoms with van der Waals surface area (Å²) < 4.78 is 10.9. The number of nitrogens with two attached hydrogens (primary N) is 1. The van der Waals surface area contributed by atoms with Crippen LogP contribution in [0, 0.1) is 22.7 Å². The first-order chi connectivity index (χ1) is 17.7. The topological polar surface area (TPSA) is 195 Å². The summed E-state index contributed by atoms with van der Waals surface area (Å²) in [4.78, 5) is 29.0. The maximum atomic E-state index is 12.8. The highest BCUT2D eigenvalue weighted by atomic mass is 32.2. The van der Waals surface area contributed by atoms with E-state index in [9.17, 15) is 25.2 Å². The van der Waals surface area contributed by atoms with E-state index in [0.717, 1.165) is 29.3 Å². The molecule has 2 heterocycles. The van der Waals surface area contributed by atoms with Gasteiger partial charge in [0.25, 0.3) is 5.69 Å². The number of carbonyl (C=O) groups is 2. The predicted molar refractivity (Wildman–Crippen MR) is 130 cm³/mol. The first-order valence-electron chi connectivity index (χ1n) is 11.1. The minimum Gasteiger partial charge on any atom is -0.539 e. The van der Waals surface area contributed by atoms with Gasteiger partial charge in [0.1, 0.15) is 28.5 Å². The molecule has 2 aromatic heterocycles. The standard InChI is InChI=1S/C24H23N7O5S/c1-4-5-10-35-23(33)14-6-8-15(9-7-14)28-21(32)13(2)37-22-17(12-26)18(16(11-25)20(27)29-22)19-24(34)36-30-31(19)3/h6-9,13H,4-5,10H2,1-3H3,(H3-,27,28,29,30,32,33,34). The Balaban J connectivity index is 1.81. The lowest BCUT2D eigenvalue weighted by atomic mass is 10.0. The van der Waals surface area contributed by atoms with Gasteiger partial charge in [-0.25, -0.2) is 9.78 Å². The zero-order chi connectivity index (χ0) is 27.1. The van der Waals surface area contributed by atoms with Crippen molar-refractivity contribution in [1.29, 1.82) is 10.5 Å². The van der Waals surface area contributed by atoms with Gasteiger partial charge >= 0.3 is 5.97 Å². The molecule has 0 aliphatic carbocycles. The lowest BCUT2D eigenvalue weighted by Gasteiger charge is -2.15. The number of anilines is 2. The van der Waals surface area contributed by atoms with E-state index in [4.69, 9.17) is 10.5 Å². The number of nitrogen functional groups attached to an aromatic ring is 1. The smallest absolute Gasteiger partial charge is 0.338 e. The van der Waals surface area contributed by atoms with Gasteiger partial charge in [-0.2, -0.15) is 10.5 Å². The number of nitrogens with zero attached hydrogens (tertiary/aromatic N) is 5. The summed E-state index contributed by atoms with van der Waals surface area (Å²) in [5.74, 6) is -1.94. The third-order valence-electron chi connectivity index (χ3n) is 5.19. The molecule has 37 heavy (non-hydrogen) atoms. The summed E-state index contributed by atoms with van der Waals surface area (Å²) in [6, 6.07) is 10.1. The number of carbonyl (C=O) groups excluding carboxylic acids is 2. The number of aryl methyl sites for hydroxylation is 1. The zero-order valence-electron chi connectivity index (χ0n) is 20.3. The van der Waals surface area contributed by atoms with Crippen LogP contribution in [0.4, 0.5) is 11.5 Å². The van der Waals surface area contributed by atoms with Crippen LogP contribution in [0.5, 0.6) is 5.95 Å². The number of nitriles is 2. The largest absolute Gasteiger partial charge is 0.539 e. The summed E-state index contributed by atoms with van der Waals surface area (Å²) >= 11 is 0.926. The van der Waals surface area contributed by atoms with Crippen molar-refractivity contribution in [3.05, 3.63) is 41.0 Å². The van der Waals surface area contributed by atoms with E-state index in [2.05, 4.69) is 20.1 Å². The molecule has 0 saturated carbocycles. The van der Waals surface area contributed by atoms with Crippen molar-refractivity contribution in [1.82, 2.24) is 10.3 Å². The molecule has 1 aromatic carbocycles. The number of esters is 1. The summed E-state index contributed by atoms with van der Waals surface area (Å²) in [6.07, 6.45) is 1.69. The maximum absolute atomic E-state index is 12.8. The van der Waals surface area contributed by atoms with E-state index in [0.29, 0.717) is 17.9 Å². The quantitative estimate of drug-likeness (QED) is 0.181. The van der Waals surface area contributed by atoms with E-state index >= 15 is 0 Å². The molecule has 0 radical (unpaired) electrons. The Labute approximate surface area is 216 Å². The summed E-state index contributed by atoms with van der Waals surface area (Å²) in [5.41, 5.74) is 6.26. The van der Waals surface area contributed by atoms with E-state index < -0.39 is 23.1 Å². The fourth-order valence-corrected chi connectivity index (χ4v) is 4.16. The number of pyridine rings is 1. The molecule has 12 nitrogen and oxygen atoms in total. The first kappa shape index (κ1) is 27.0. The third kappa shape index (κ3) is 5.97. The van der Waals surface area contributed by atoms with Gasteiger partial charge in [-0.15, -0.1) is 0 Å². The highest BCUT2D eigenvalue weighted by Crippen LogP contribution is 2.38. The molecule has 3 rings (SSSR count). The summed E-state index contributed by atoms with van der Waals surface area (Å²) in [6.45, 7) is 3.93. The van der Waals surface area contributed by atoms with Crippen molar-refractivity contribution in [2.45, 2.75) is 37.0 Å². The molecule has 0 aliphatic rings. The van der Waals surface area contributed by atoms with Crippen LogP contribution < -0.4 is 20.8 Å². The van der Waals surface area contributed by atoms with Crippen LogP contribution >= 0.6 is 11.8 Å². The fraction of sp³-hybridized carbons (Fsp3) is 0.292. The molecule has 190 valence electrons. The SMILES string of the molecule is CCCCOC(=O)c1ccc(NC(=O)C(C)Sc2nc(N)c(C#N)c(-c3c([O-])on[n+]3C)c2C#N)cc1. The van der Waals surface area contributed by atoms with E-state index in [1.807, 2.05) is 19.1 Å². The number of hydrogen-bond acceptors (Lipinski definition) is 11. The second-order valence-electron chi connectivity index (χ2n) is 7.80. The maximum Gasteiger partial charge on any atom is 0.338 e. The average molecular weight is 522 g/mol. The van der Waals surface area contributed by atoms with Gasteiger partial charge < -0.3 is 25.4 Å². The van der Waals surface area contributed by atoms with Crippen LogP contribution in [0.1, 0.15) is 48.2 Å². The van der Waals surface area contributed by atoms with E-state index in [1.165, 1.54) is 7.05 Å². The summed E-state index contributed by atoms with van der Waals surface area (Å²) in [5, 5.41) is 37.2. The minimum atomic E-state index is -0.861. The van der Waals surface area contributed by atoms with Crippen LogP contribution in [0.2, 0.25) is 0 Å². The normalized spacial score (nSPS) is 11.3. The molecule has 3 N–H and O–H groups in total. The van der Waals surface area contributed by atoms with Crippen LogP contribution in [0.25, 0.3) is 11.3 Å². The second-order valence-corrected chi connectivity index (χ2v) is 9.13. The number of aromatic nitrogens is 3. The van der Waals surface area contributed by atoms with Gasteiger partial charge in [0, 0.05) is 5.69 Å². The number of benzene rings is 1. The number of unbranched alkanes of at least 4 members (excludes halogenated alkanes) is 1. The van der Waals surface area contributed by atoms with E-state index in [1.54, 1.807) is 31.2 Å². The molecule has 0 bridgehead atoms. The van der Waals surface area contributed by atoms with Crippen LogP contribution in [0.15, 0.2) is 33.8 Å². The van der Waals surface area contributed by atoms with Crippen molar-refractivity contribution >= 4 is 35.1 Å². The molecule has 1 unspecified atom stereocenters. The van der Waals surface area contributed by atoms with E-state index in [-0.39, 0.29) is 33.2 Å². The van der Waals surface area contributed by atoms with Gasteiger partial charge in [0.05, 0.1) is 33.8 Å². The van der Waals surface area contributed by atoms with Crippen LogP contribution in [-0.4, -0.2) is 34.0 Å². The molecule has 0 spiro atoms. The van der Waals surface area contributed by atoms with Crippen molar-refractivity contribution in [2.75, 3.05) is 17.7 Å². The fourth-order valence-electron chi connectivity index (χ4n) is 3.25. The third-order valence-corrected chi connectivity index (χ3v) is 6.28. The molecule has 0 aliphatic heterocycles. The number of amides is 1. The van der Waals surface area contributed by atoms with Gasteiger partial charge in [0.2, 0.25) is 5.91 Å². The van der Waals surface area contributed by atoms with Crippen LogP contribution in [0.3, 0.4) is 0 Å². The minimum absolute atomic E-state index is 0.0578. The Morgan fingerprint density at radius 1 is 1.27 bits per heavy atom. The number of thioether (sulfide) groups is 1. The number of hydrogen-bond donors (Lipinski definition) is 2. The highest BCUT2D eigenvalue weighted by molar-refractivity contribution is 8.00. The monoisotopic (exact) mass is 521 g/mol. The Kier molecular flexibility index (Phi) is 8.66. The van der Waals surface area contributed by atoms with Crippen molar-refractivity contribution in [3.8, 4) is 29.3 Å². The first-order valence-corrected chi connectivity index (χ1v) is 12.0. The Morgan fingerprint density at radius 2 is 1.95 bits per heavy atom. The van der Waals surface area contributed by atoms with Gasteiger partial charge in [-0.05, 0) is 37.6 Å². The Morgan fingerprint density at radius 3 is 2.51 bits per heavy atom. The zero-order valence-corrected chi connectivity index (χ0v) is 21.1. The highest BCUT2D eigenvalue weighted by Gasteiger charge is 2.30. The lowest BCUT2D eigenvalue weighted by molar-refractivity contribution is -0.730. The van der Waals surface area contributed by atoms with Crippen molar-refractivity contribution < 1.29 is 28.6 Å². The molecular weight excluding hydrogens is 498 g/mol. The molecule has 1 atom stereocenters. The Hall–Kier alpha value is -4.62. The number of rotatable bonds is 9. The van der Waals surface area contributed by atoms with Crippen molar-refractivity contribution in [3.63, 3.8) is 0 Å². The van der Waals surface area contributed by atoms with Crippen molar-refractivity contribution in [2.24, 2.45) is 7.05 Å². The Bertz CT molecular complexity index is 1390. The predicted octanol–water partition coefficient (Wildman–Crippen LogP) is 2.04. The average Bonchev–Trinajstić information content (AvgIpc) is 3.21. The molecular formula is C24H23N7O5S. The molecule has 3 aromatic rings. The molecule has 0 fully saturated rings. The number of nitrogens with one attached hydrogen (secondary N) is 1. The summed E-state index contributed by atoms with van der Waals surface area (Å²) in [7, 11) is 1.41. The second kappa shape index (κ2) is 11.9. The van der Waals surface area contributed by atoms with Gasteiger partial charge in [-0.1, -0.05) is 29.8 Å².